The third-order valence-electron chi connectivity index (χ3n) is 2.15. The first-order valence-corrected chi connectivity index (χ1v) is 6.21. The topological polar surface area (TPSA) is 55.1 Å². The number of hydrogen-bond donors (Lipinski definition) is 2. The van der Waals surface area contributed by atoms with Crippen LogP contribution in [0.15, 0.2) is 22.7 Å². The molecule has 0 aliphatic carbocycles. The van der Waals surface area contributed by atoms with E-state index in [1.165, 1.54) is 0 Å². The summed E-state index contributed by atoms with van der Waals surface area (Å²) in [4.78, 5) is 11.4. The summed E-state index contributed by atoms with van der Waals surface area (Å²) in [5.74, 6) is -0.406. The van der Waals surface area contributed by atoms with E-state index >= 15 is 0 Å². The van der Waals surface area contributed by atoms with Crippen molar-refractivity contribution in [1.82, 2.24) is 5.32 Å². The normalized spacial score (nSPS) is 12.4. The van der Waals surface area contributed by atoms with Gasteiger partial charge in [0.25, 0.3) is 0 Å². The van der Waals surface area contributed by atoms with E-state index < -0.39 is 11.9 Å². The van der Waals surface area contributed by atoms with E-state index in [-0.39, 0.29) is 0 Å². The molecule has 0 radical (unpaired) electrons. The van der Waals surface area contributed by atoms with Gasteiger partial charge in [0.2, 0.25) is 5.91 Å². The lowest BCUT2D eigenvalue weighted by Gasteiger charge is -2.17. The maximum Gasteiger partial charge on any atom is 0.239 e. The molecule has 5 heteroatoms. The van der Waals surface area contributed by atoms with E-state index in [9.17, 15) is 4.79 Å². The molecule has 0 spiro atoms. The quantitative estimate of drug-likeness (QED) is 0.878. The van der Waals surface area contributed by atoms with Crippen LogP contribution in [0.3, 0.4) is 0 Å². The minimum atomic E-state index is -0.506. The second kappa shape index (κ2) is 6.23. The number of primary amides is 1. The molecule has 0 heterocycles. The molecule has 0 saturated carbocycles. The molecule has 0 fully saturated rings. The molecule has 1 unspecified atom stereocenters. The highest BCUT2D eigenvalue weighted by atomic mass is 79.9. The van der Waals surface area contributed by atoms with Crippen LogP contribution in [0.5, 0.6) is 0 Å². The number of nitrogens with two attached hydrogens (primary N) is 1. The number of rotatable bonds is 5. The predicted molar refractivity (Wildman–Crippen MR) is 69.4 cm³/mol. The molecule has 1 aromatic carbocycles. The number of hydrogen-bond acceptors (Lipinski definition) is 2. The monoisotopic (exact) mass is 304 g/mol. The molecular formula is C11H14BrClN2O. The highest BCUT2D eigenvalue weighted by molar-refractivity contribution is 9.10. The summed E-state index contributed by atoms with van der Waals surface area (Å²) in [6.07, 6.45) is 0.933. The lowest BCUT2D eigenvalue weighted by atomic mass is 10.1. The van der Waals surface area contributed by atoms with Crippen molar-refractivity contribution in [2.45, 2.75) is 19.4 Å². The van der Waals surface area contributed by atoms with Gasteiger partial charge in [0, 0.05) is 9.50 Å². The molecule has 88 valence electrons. The van der Waals surface area contributed by atoms with Gasteiger partial charge in [0.15, 0.2) is 0 Å². The van der Waals surface area contributed by atoms with Crippen molar-refractivity contribution in [2.24, 2.45) is 5.73 Å². The van der Waals surface area contributed by atoms with Crippen molar-refractivity contribution in [3.05, 3.63) is 33.3 Å². The van der Waals surface area contributed by atoms with Crippen molar-refractivity contribution in [3.8, 4) is 0 Å². The maximum absolute atomic E-state index is 11.4. The first-order chi connectivity index (χ1) is 7.56. The van der Waals surface area contributed by atoms with Crippen molar-refractivity contribution in [2.75, 3.05) is 6.54 Å². The standard InChI is InChI=1S/C11H14BrClN2O/c1-2-5-15-10(11(14)16)8-6-7(13)3-4-9(8)12/h3-4,6,10,15H,2,5H2,1H3,(H2,14,16). The Labute approximate surface area is 108 Å². The highest BCUT2D eigenvalue weighted by Gasteiger charge is 2.19. The average molecular weight is 306 g/mol. The minimum absolute atomic E-state index is 0.406. The van der Waals surface area contributed by atoms with Crippen LogP contribution in [0.2, 0.25) is 5.02 Å². The second-order valence-electron chi connectivity index (χ2n) is 3.46. The van der Waals surface area contributed by atoms with Crippen LogP contribution in [-0.2, 0) is 4.79 Å². The van der Waals surface area contributed by atoms with Gasteiger partial charge in [0.05, 0.1) is 0 Å². The average Bonchev–Trinajstić information content (AvgIpc) is 2.23. The zero-order valence-electron chi connectivity index (χ0n) is 8.97. The fourth-order valence-electron chi connectivity index (χ4n) is 1.39. The SMILES string of the molecule is CCCNC(C(N)=O)c1cc(Cl)ccc1Br. The van der Waals surface area contributed by atoms with Gasteiger partial charge in [-0.15, -0.1) is 0 Å². The first kappa shape index (κ1) is 13.5. The second-order valence-corrected chi connectivity index (χ2v) is 4.75. The molecule has 1 atom stereocenters. The van der Waals surface area contributed by atoms with Gasteiger partial charge in [-0.25, -0.2) is 0 Å². The summed E-state index contributed by atoms with van der Waals surface area (Å²) in [7, 11) is 0. The Hall–Kier alpha value is -0.580. The largest absolute Gasteiger partial charge is 0.368 e. The van der Waals surface area contributed by atoms with Crippen LogP contribution < -0.4 is 11.1 Å². The molecule has 0 aliphatic heterocycles. The highest BCUT2D eigenvalue weighted by Crippen LogP contribution is 2.26. The van der Waals surface area contributed by atoms with Crippen molar-refractivity contribution in [3.63, 3.8) is 0 Å². The smallest absolute Gasteiger partial charge is 0.239 e. The van der Waals surface area contributed by atoms with Crippen LogP contribution in [0, 0.1) is 0 Å². The van der Waals surface area contributed by atoms with E-state index in [1.807, 2.05) is 6.92 Å². The number of nitrogens with one attached hydrogen (secondary N) is 1. The molecule has 0 aromatic heterocycles. The van der Waals surface area contributed by atoms with Crippen LogP contribution in [-0.4, -0.2) is 12.5 Å². The Bertz CT molecular complexity index is 384. The summed E-state index contributed by atoms with van der Waals surface area (Å²) in [6.45, 7) is 2.75. The van der Waals surface area contributed by atoms with E-state index in [4.69, 9.17) is 17.3 Å². The van der Waals surface area contributed by atoms with Gasteiger partial charge in [-0.05, 0) is 36.7 Å². The summed E-state index contributed by atoms with van der Waals surface area (Å²) >= 11 is 9.28. The van der Waals surface area contributed by atoms with Crippen LogP contribution in [0.25, 0.3) is 0 Å². The van der Waals surface area contributed by atoms with Gasteiger partial charge in [-0.3, -0.25) is 4.79 Å². The molecule has 16 heavy (non-hydrogen) atoms. The maximum atomic E-state index is 11.4. The minimum Gasteiger partial charge on any atom is -0.368 e. The molecule has 1 aromatic rings. The summed E-state index contributed by atoms with van der Waals surface area (Å²) in [6, 6.07) is 4.80. The molecule has 3 nitrogen and oxygen atoms in total. The number of benzene rings is 1. The molecule has 1 rings (SSSR count). The summed E-state index contributed by atoms with van der Waals surface area (Å²) < 4.78 is 0.823. The Morgan fingerprint density at radius 1 is 1.62 bits per heavy atom. The van der Waals surface area contributed by atoms with Gasteiger partial charge in [0.1, 0.15) is 6.04 Å². The lowest BCUT2D eigenvalue weighted by molar-refractivity contribution is -0.120. The van der Waals surface area contributed by atoms with Gasteiger partial charge in [-0.2, -0.15) is 0 Å². The molecule has 0 aliphatic rings. The van der Waals surface area contributed by atoms with Gasteiger partial charge >= 0.3 is 0 Å². The van der Waals surface area contributed by atoms with E-state index in [2.05, 4.69) is 21.2 Å². The Kier molecular flexibility index (Phi) is 5.25. The number of amides is 1. The first-order valence-electron chi connectivity index (χ1n) is 5.04. The van der Waals surface area contributed by atoms with Crippen LogP contribution in [0.1, 0.15) is 24.9 Å². The lowest BCUT2D eigenvalue weighted by Crippen LogP contribution is -2.34. The Balaban J connectivity index is 3.00. The predicted octanol–water partition coefficient (Wildman–Crippen LogP) is 2.63. The van der Waals surface area contributed by atoms with Crippen molar-refractivity contribution >= 4 is 33.4 Å². The fourth-order valence-corrected chi connectivity index (χ4v) is 2.04. The molecule has 0 bridgehead atoms. The third-order valence-corrected chi connectivity index (χ3v) is 3.11. The molecule has 1 amide bonds. The van der Waals surface area contributed by atoms with E-state index in [0.717, 1.165) is 23.0 Å². The number of halogens is 2. The zero-order chi connectivity index (χ0) is 12.1. The Morgan fingerprint density at radius 2 is 2.31 bits per heavy atom. The van der Waals surface area contributed by atoms with Gasteiger partial charge in [-0.1, -0.05) is 34.5 Å². The fraction of sp³-hybridized carbons (Fsp3) is 0.364. The third kappa shape index (κ3) is 3.47. The number of carbonyl (C=O) groups excluding carboxylic acids is 1. The summed E-state index contributed by atoms with van der Waals surface area (Å²) in [5.41, 5.74) is 6.13. The molecular weight excluding hydrogens is 291 g/mol. The number of carbonyl (C=O) groups is 1. The summed E-state index contributed by atoms with van der Waals surface area (Å²) in [5, 5.41) is 3.68. The van der Waals surface area contributed by atoms with Gasteiger partial charge < -0.3 is 11.1 Å². The van der Waals surface area contributed by atoms with Crippen molar-refractivity contribution in [1.29, 1.82) is 0 Å². The van der Waals surface area contributed by atoms with E-state index in [0.29, 0.717) is 5.02 Å². The zero-order valence-corrected chi connectivity index (χ0v) is 11.3. The molecule has 0 saturated heterocycles. The van der Waals surface area contributed by atoms with Crippen LogP contribution >= 0.6 is 27.5 Å². The molecule has 3 N–H and O–H groups in total. The Morgan fingerprint density at radius 3 is 2.88 bits per heavy atom. The van der Waals surface area contributed by atoms with Crippen molar-refractivity contribution < 1.29 is 4.79 Å². The van der Waals surface area contributed by atoms with Crippen LogP contribution in [0.4, 0.5) is 0 Å². The van der Waals surface area contributed by atoms with E-state index in [1.54, 1.807) is 18.2 Å².